The molecule has 0 atom stereocenters. The van der Waals surface area contributed by atoms with Gasteiger partial charge in [0.1, 0.15) is 11.5 Å². The van der Waals surface area contributed by atoms with Gasteiger partial charge in [0.05, 0.1) is 13.2 Å². The van der Waals surface area contributed by atoms with Crippen LogP contribution in [0.3, 0.4) is 0 Å². The first kappa shape index (κ1) is 23.4. The van der Waals surface area contributed by atoms with E-state index in [-0.39, 0.29) is 0 Å². The highest BCUT2D eigenvalue weighted by molar-refractivity contribution is 9.10. The van der Waals surface area contributed by atoms with Crippen LogP contribution in [0.2, 0.25) is 0 Å². The van der Waals surface area contributed by atoms with E-state index in [4.69, 9.17) is 9.47 Å². The van der Waals surface area contributed by atoms with Crippen LogP contribution in [0.4, 0.5) is 0 Å². The fraction of sp³-hybridized carbons (Fsp3) is 0.462. The van der Waals surface area contributed by atoms with Crippen LogP contribution in [-0.4, -0.2) is 13.2 Å². The van der Waals surface area contributed by atoms with Crippen LogP contribution in [0.15, 0.2) is 45.3 Å². The van der Waals surface area contributed by atoms with Gasteiger partial charge in [0.25, 0.3) is 0 Å². The second-order valence-electron chi connectivity index (χ2n) is 7.86. The minimum atomic E-state index is 0.740. The second kappa shape index (κ2) is 12.0. The molecule has 0 amide bonds. The molecule has 0 aliphatic heterocycles. The standard InChI is InChI=1S/C26H32Br2O2/c1-3-5-7-9-15-29-25-21-13-11-20(28)18-24(21)26(30-16-10-8-6-4-2)22-14-12-19(27)17-23(22)25/h11-14,17-18H,3-10,15-16H2,1-2H3. The van der Waals surface area contributed by atoms with Crippen LogP contribution in [0.5, 0.6) is 11.5 Å². The van der Waals surface area contributed by atoms with E-state index >= 15 is 0 Å². The summed E-state index contributed by atoms with van der Waals surface area (Å²) in [5, 5.41) is 4.45. The zero-order chi connectivity index (χ0) is 21.3. The lowest BCUT2D eigenvalue weighted by Crippen LogP contribution is -2.02. The van der Waals surface area contributed by atoms with E-state index in [1.54, 1.807) is 0 Å². The zero-order valence-corrected chi connectivity index (χ0v) is 21.3. The van der Waals surface area contributed by atoms with Crippen molar-refractivity contribution in [2.75, 3.05) is 13.2 Å². The van der Waals surface area contributed by atoms with E-state index in [1.165, 1.54) is 38.5 Å². The molecule has 0 aliphatic carbocycles. The van der Waals surface area contributed by atoms with Crippen molar-refractivity contribution in [3.8, 4) is 11.5 Å². The molecule has 0 fully saturated rings. The summed E-state index contributed by atoms with van der Waals surface area (Å²) >= 11 is 7.29. The number of hydrogen-bond donors (Lipinski definition) is 0. The topological polar surface area (TPSA) is 18.5 Å². The van der Waals surface area contributed by atoms with Crippen molar-refractivity contribution >= 4 is 53.4 Å². The largest absolute Gasteiger partial charge is 0.492 e. The van der Waals surface area contributed by atoms with Crippen molar-refractivity contribution in [2.24, 2.45) is 0 Å². The molecule has 30 heavy (non-hydrogen) atoms. The van der Waals surface area contributed by atoms with Gasteiger partial charge in [-0.25, -0.2) is 0 Å². The molecule has 0 aromatic heterocycles. The Morgan fingerprint density at radius 3 is 1.40 bits per heavy atom. The van der Waals surface area contributed by atoms with Gasteiger partial charge in [0.2, 0.25) is 0 Å². The van der Waals surface area contributed by atoms with Gasteiger partial charge in [0.15, 0.2) is 0 Å². The lowest BCUT2D eigenvalue weighted by atomic mass is 10.0. The van der Waals surface area contributed by atoms with Crippen LogP contribution in [0.25, 0.3) is 21.5 Å². The van der Waals surface area contributed by atoms with Crippen molar-refractivity contribution in [1.29, 1.82) is 0 Å². The molecule has 0 saturated heterocycles. The Balaban J connectivity index is 2.01. The third kappa shape index (κ3) is 5.91. The van der Waals surface area contributed by atoms with Gasteiger partial charge in [-0.2, -0.15) is 0 Å². The molecular weight excluding hydrogens is 504 g/mol. The Bertz CT molecular complexity index is 889. The smallest absolute Gasteiger partial charge is 0.135 e. The summed E-state index contributed by atoms with van der Waals surface area (Å²) in [5.74, 6) is 1.92. The van der Waals surface area contributed by atoms with Gasteiger partial charge in [-0.3, -0.25) is 0 Å². The molecule has 0 unspecified atom stereocenters. The lowest BCUT2D eigenvalue weighted by Gasteiger charge is -2.18. The molecule has 0 radical (unpaired) electrons. The number of benzene rings is 3. The minimum Gasteiger partial charge on any atom is -0.492 e. The van der Waals surface area contributed by atoms with Gasteiger partial charge < -0.3 is 9.47 Å². The molecule has 0 bridgehead atoms. The number of halogens is 2. The van der Waals surface area contributed by atoms with E-state index in [0.717, 1.165) is 68.0 Å². The number of unbranched alkanes of at least 4 members (excludes halogenated alkanes) is 6. The predicted molar refractivity (Wildman–Crippen MR) is 136 cm³/mol. The van der Waals surface area contributed by atoms with Crippen LogP contribution >= 0.6 is 31.9 Å². The van der Waals surface area contributed by atoms with Crippen molar-refractivity contribution < 1.29 is 9.47 Å². The Labute approximate surface area is 197 Å². The highest BCUT2D eigenvalue weighted by atomic mass is 79.9. The molecule has 3 aromatic carbocycles. The molecule has 162 valence electrons. The Morgan fingerprint density at radius 2 is 1.00 bits per heavy atom. The Morgan fingerprint density at radius 1 is 0.567 bits per heavy atom. The summed E-state index contributed by atoms with van der Waals surface area (Å²) in [7, 11) is 0. The SMILES string of the molecule is CCCCCCOc1c2ccc(Br)cc2c(OCCCCCC)c2ccc(Br)cc12. The predicted octanol–water partition coefficient (Wildman–Crippen LogP) is 9.44. The third-order valence-corrected chi connectivity index (χ3v) is 6.42. The average molecular weight is 536 g/mol. The molecule has 0 N–H and O–H groups in total. The van der Waals surface area contributed by atoms with Gasteiger partial charge in [-0.15, -0.1) is 0 Å². The molecular formula is C26H32Br2O2. The molecule has 3 rings (SSSR count). The van der Waals surface area contributed by atoms with Crippen molar-refractivity contribution in [2.45, 2.75) is 65.2 Å². The quantitative estimate of drug-likeness (QED) is 0.170. The molecule has 0 heterocycles. The summed E-state index contributed by atoms with van der Waals surface area (Å²) in [4.78, 5) is 0. The Hall–Kier alpha value is -1.26. The van der Waals surface area contributed by atoms with Crippen LogP contribution in [0.1, 0.15) is 65.2 Å². The van der Waals surface area contributed by atoms with E-state index in [0.29, 0.717) is 0 Å². The summed E-state index contributed by atoms with van der Waals surface area (Å²) in [6.07, 6.45) is 9.56. The first-order valence-electron chi connectivity index (χ1n) is 11.3. The highest BCUT2D eigenvalue weighted by Crippen LogP contribution is 2.44. The van der Waals surface area contributed by atoms with Crippen molar-refractivity contribution in [1.82, 2.24) is 0 Å². The monoisotopic (exact) mass is 534 g/mol. The molecule has 0 aliphatic rings. The molecule has 2 nitrogen and oxygen atoms in total. The van der Waals surface area contributed by atoms with E-state index in [2.05, 4.69) is 82.1 Å². The van der Waals surface area contributed by atoms with Crippen LogP contribution < -0.4 is 9.47 Å². The second-order valence-corrected chi connectivity index (χ2v) is 9.69. The summed E-state index contributed by atoms with van der Waals surface area (Å²) in [6, 6.07) is 12.8. The van der Waals surface area contributed by atoms with Crippen molar-refractivity contribution in [3.63, 3.8) is 0 Å². The van der Waals surface area contributed by atoms with Gasteiger partial charge in [-0.1, -0.05) is 84.2 Å². The Kier molecular flexibility index (Phi) is 9.32. The maximum Gasteiger partial charge on any atom is 0.135 e. The summed E-state index contributed by atoms with van der Waals surface area (Å²) < 4.78 is 14.9. The maximum absolute atomic E-state index is 6.39. The molecule has 3 aromatic rings. The molecule has 0 spiro atoms. The van der Waals surface area contributed by atoms with E-state index in [9.17, 15) is 0 Å². The minimum absolute atomic E-state index is 0.740. The third-order valence-electron chi connectivity index (χ3n) is 5.43. The lowest BCUT2D eigenvalue weighted by molar-refractivity contribution is 0.307. The molecule has 4 heteroatoms. The number of fused-ring (bicyclic) bond motifs is 2. The van der Waals surface area contributed by atoms with Gasteiger partial charge >= 0.3 is 0 Å². The maximum atomic E-state index is 6.39. The first-order valence-corrected chi connectivity index (χ1v) is 12.8. The number of rotatable bonds is 12. The highest BCUT2D eigenvalue weighted by Gasteiger charge is 2.17. The van der Waals surface area contributed by atoms with Crippen LogP contribution in [-0.2, 0) is 0 Å². The van der Waals surface area contributed by atoms with E-state index < -0.39 is 0 Å². The van der Waals surface area contributed by atoms with Crippen LogP contribution in [0, 0.1) is 0 Å². The van der Waals surface area contributed by atoms with E-state index in [1.807, 2.05) is 0 Å². The summed E-state index contributed by atoms with van der Waals surface area (Å²) in [6.45, 7) is 5.95. The summed E-state index contributed by atoms with van der Waals surface area (Å²) in [5.41, 5.74) is 0. The fourth-order valence-electron chi connectivity index (χ4n) is 3.81. The normalized spacial score (nSPS) is 11.3. The van der Waals surface area contributed by atoms with Crippen molar-refractivity contribution in [3.05, 3.63) is 45.3 Å². The molecule has 0 saturated carbocycles. The van der Waals surface area contributed by atoms with Gasteiger partial charge in [0, 0.05) is 30.5 Å². The number of hydrogen-bond acceptors (Lipinski definition) is 2. The average Bonchev–Trinajstić information content (AvgIpc) is 2.74. The first-order chi connectivity index (χ1) is 14.7. The van der Waals surface area contributed by atoms with Gasteiger partial charge in [-0.05, 0) is 49.2 Å². The fourth-order valence-corrected chi connectivity index (χ4v) is 4.53. The number of ether oxygens (including phenoxy) is 2. The zero-order valence-electron chi connectivity index (χ0n) is 18.1.